The average molecular weight is 287 g/mol. The Balaban J connectivity index is 2.69. The average Bonchev–Trinajstić information content (AvgIpc) is 2.36. The van der Waals surface area contributed by atoms with Crippen LogP contribution in [0.5, 0.6) is 5.75 Å². The molecule has 0 bridgehead atoms. The van der Waals surface area contributed by atoms with Crippen LogP contribution >= 0.6 is 0 Å². The molecule has 2 N–H and O–H groups in total. The lowest BCUT2D eigenvalue weighted by atomic mass is 10.1. The zero-order valence-electron chi connectivity index (χ0n) is 11.5. The quantitative estimate of drug-likeness (QED) is 0.777. The maximum absolute atomic E-state index is 11.3. The van der Waals surface area contributed by atoms with E-state index in [0.717, 1.165) is 12.8 Å². The number of benzene rings is 1. The molecular formula is C13H21NO4S. The van der Waals surface area contributed by atoms with Crippen molar-refractivity contribution in [2.24, 2.45) is 0 Å². The Bertz CT molecular complexity index is 498. The van der Waals surface area contributed by atoms with Crippen molar-refractivity contribution in [3.8, 4) is 5.75 Å². The Kier molecular flexibility index (Phi) is 5.34. The zero-order valence-corrected chi connectivity index (χ0v) is 12.3. The molecule has 0 aliphatic rings. The van der Waals surface area contributed by atoms with Gasteiger partial charge in [0.1, 0.15) is 12.4 Å². The molecule has 0 radical (unpaired) electrons. The Morgan fingerprint density at radius 3 is 2.32 bits per heavy atom. The highest BCUT2D eigenvalue weighted by Gasteiger charge is 2.22. The van der Waals surface area contributed by atoms with Gasteiger partial charge in [0.25, 0.3) is 0 Å². The van der Waals surface area contributed by atoms with Crippen LogP contribution < -0.4 is 10.1 Å². The number of hydrogen-bond donors (Lipinski definition) is 2. The van der Waals surface area contributed by atoms with Crippen LogP contribution in [0.4, 0.5) is 0 Å². The van der Waals surface area contributed by atoms with E-state index in [4.69, 9.17) is 4.74 Å². The smallest absolute Gasteiger partial charge is 0.175 e. The van der Waals surface area contributed by atoms with Gasteiger partial charge in [0.2, 0.25) is 0 Å². The maximum atomic E-state index is 11.3. The van der Waals surface area contributed by atoms with E-state index < -0.39 is 15.4 Å². The molecule has 1 rings (SSSR count). The monoisotopic (exact) mass is 287 g/mol. The van der Waals surface area contributed by atoms with Crippen LogP contribution in [0.15, 0.2) is 29.2 Å². The fourth-order valence-corrected chi connectivity index (χ4v) is 2.24. The molecule has 1 unspecified atom stereocenters. The molecule has 6 heteroatoms. The highest BCUT2D eigenvalue weighted by Crippen LogP contribution is 2.17. The van der Waals surface area contributed by atoms with E-state index in [-0.39, 0.29) is 11.5 Å². The number of nitrogens with one attached hydrogen (secondary N) is 1. The van der Waals surface area contributed by atoms with Crippen LogP contribution in [0.2, 0.25) is 0 Å². The van der Waals surface area contributed by atoms with E-state index in [9.17, 15) is 13.5 Å². The summed E-state index contributed by atoms with van der Waals surface area (Å²) in [5.74, 6) is 0.574. The minimum atomic E-state index is -3.18. The predicted molar refractivity (Wildman–Crippen MR) is 74.2 cm³/mol. The van der Waals surface area contributed by atoms with Crippen molar-refractivity contribution in [2.45, 2.75) is 24.3 Å². The fraction of sp³-hybridized carbons (Fsp3) is 0.538. The van der Waals surface area contributed by atoms with Crippen molar-refractivity contribution in [1.29, 1.82) is 0 Å². The molecule has 0 aliphatic carbocycles. The lowest BCUT2D eigenvalue weighted by Gasteiger charge is -2.28. The number of sulfone groups is 1. The SMILES string of the molecule is CCNC(C)(CO)COc1ccc(S(C)(=O)=O)cc1. The minimum absolute atomic E-state index is 0.0394. The van der Waals surface area contributed by atoms with Crippen LogP contribution in [0.3, 0.4) is 0 Å². The van der Waals surface area contributed by atoms with Gasteiger partial charge >= 0.3 is 0 Å². The molecule has 0 saturated heterocycles. The van der Waals surface area contributed by atoms with Crippen LogP contribution in [0, 0.1) is 0 Å². The summed E-state index contributed by atoms with van der Waals surface area (Å²) >= 11 is 0. The van der Waals surface area contributed by atoms with E-state index >= 15 is 0 Å². The first-order valence-corrected chi connectivity index (χ1v) is 7.99. The molecule has 0 saturated carbocycles. The normalized spacial score (nSPS) is 14.9. The first-order valence-electron chi connectivity index (χ1n) is 6.09. The molecular weight excluding hydrogens is 266 g/mol. The number of hydrogen-bond acceptors (Lipinski definition) is 5. The van der Waals surface area contributed by atoms with Crippen molar-refractivity contribution < 1.29 is 18.3 Å². The molecule has 1 aromatic carbocycles. The largest absolute Gasteiger partial charge is 0.492 e. The Labute approximate surface area is 114 Å². The summed E-state index contributed by atoms with van der Waals surface area (Å²) in [5, 5.41) is 12.5. The molecule has 19 heavy (non-hydrogen) atoms. The molecule has 0 fully saturated rings. The molecule has 108 valence electrons. The topological polar surface area (TPSA) is 75.6 Å². The third kappa shape index (κ3) is 4.81. The lowest BCUT2D eigenvalue weighted by molar-refractivity contribution is 0.117. The molecule has 5 nitrogen and oxygen atoms in total. The van der Waals surface area contributed by atoms with Crippen molar-refractivity contribution in [1.82, 2.24) is 5.32 Å². The summed E-state index contributed by atoms with van der Waals surface area (Å²) in [6, 6.07) is 6.24. The second-order valence-corrected chi connectivity index (χ2v) is 6.80. The number of ether oxygens (including phenoxy) is 1. The second-order valence-electron chi connectivity index (χ2n) is 4.78. The third-order valence-electron chi connectivity index (χ3n) is 2.76. The first-order chi connectivity index (χ1) is 8.80. The molecule has 0 aliphatic heterocycles. The number of aliphatic hydroxyl groups is 1. The Morgan fingerprint density at radius 2 is 1.89 bits per heavy atom. The fourth-order valence-electron chi connectivity index (χ4n) is 1.61. The van der Waals surface area contributed by atoms with Gasteiger partial charge in [0, 0.05) is 6.26 Å². The summed E-state index contributed by atoms with van der Waals surface area (Å²) < 4.78 is 28.2. The summed E-state index contributed by atoms with van der Waals surface area (Å²) in [4.78, 5) is 0.261. The van der Waals surface area contributed by atoms with Gasteiger partial charge in [-0.3, -0.25) is 0 Å². The number of likely N-dealkylation sites (N-methyl/N-ethyl adjacent to an activating group) is 1. The summed E-state index contributed by atoms with van der Waals surface area (Å²) in [6.07, 6.45) is 1.16. The standard InChI is InChI=1S/C13H21NO4S/c1-4-14-13(2,9-15)10-18-11-5-7-12(8-6-11)19(3,16)17/h5-8,14-15H,4,9-10H2,1-3H3. The predicted octanol–water partition coefficient (Wildman–Crippen LogP) is 0.829. The van der Waals surface area contributed by atoms with Gasteiger partial charge in [-0.05, 0) is 37.7 Å². The van der Waals surface area contributed by atoms with Crippen molar-refractivity contribution >= 4 is 9.84 Å². The molecule has 1 atom stereocenters. The van der Waals surface area contributed by atoms with Gasteiger partial charge in [0.15, 0.2) is 9.84 Å². The minimum Gasteiger partial charge on any atom is -0.492 e. The van der Waals surface area contributed by atoms with Gasteiger partial charge < -0.3 is 15.2 Å². The number of aliphatic hydroxyl groups excluding tert-OH is 1. The van der Waals surface area contributed by atoms with E-state index in [2.05, 4.69) is 5.32 Å². The molecule has 0 aromatic heterocycles. The zero-order chi connectivity index (χ0) is 14.5. The van der Waals surface area contributed by atoms with E-state index in [1.165, 1.54) is 12.1 Å². The van der Waals surface area contributed by atoms with Crippen LogP contribution in [0.25, 0.3) is 0 Å². The third-order valence-corrected chi connectivity index (χ3v) is 3.89. The molecule has 0 amide bonds. The Morgan fingerprint density at radius 1 is 1.32 bits per heavy atom. The van der Waals surface area contributed by atoms with Gasteiger partial charge in [-0.25, -0.2) is 8.42 Å². The van der Waals surface area contributed by atoms with Gasteiger partial charge in [-0.2, -0.15) is 0 Å². The summed E-state index contributed by atoms with van der Waals surface area (Å²) in [6.45, 7) is 4.81. The highest BCUT2D eigenvalue weighted by atomic mass is 32.2. The number of rotatable bonds is 7. The van der Waals surface area contributed by atoms with E-state index in [1.54, 1.807) is 12.1 Å². The van der Waals surface area contributed by atoms with E-state index in [1.807, 2.05) is 13.8 Å². The summed E-state index contributed by atoms with van der Waals surface area (Å²) in [7, 11) is -3.18. The van der Waals surface area contributed by atoms with Gasteiger partial charge in [-0.1, -0.05) is 6.92 Å². The highest BCUT2D eigenvalue weighted by molar-refractivity contribution is 7.90. The van der Waals surface area contributed by atoms with Crippen molar-refractivity contribution in [3.05, 3.63) is 24.3 Å². The molecule has 0 heterocycles. The van der Waals surface area contributed by atoms with E-state index in [0.29, 0.717) is 12.4 Å². The lowest BCUT2D eigenvalue weighted by Crippen LogP contribution is -2.50. The van der Waals surface area contributed by atoms with Crippen molar-refractivity contribution in [3.63, 3.8) is 0 Å². The second kappa shape index (κ2) is 6.36. The van der Waals surface area contributed by atoms with Gasteiger partial charge in [-0.15, -0.1) is 0 Å². The molecule has 0 spiro atoms. The molecule has 1 aromatic rings. The van der Waals surface area contributed by atoms with Gasteiger partial charge in [0.05, 0.1) is 17.0 Å². The van der Waals surface area contributed by atoms with Crippen LogP contribution in [-0.2, 0) is 9.84 Å². The first kappa shape index (κ1) is 15.9. The van der Waals surface area contributed by atoms with Crippen LogP contribution in [0.1, 0.15) is 13.8 Å². The van der Waals surface area contributed by atoms with Crippen LogP contribution in [-0.4, -0.2) is 45.1 Å². The van der Waals surface area contributed by atoms with Crippen molar-refractivity contribution in [2.75, 3.05) is 26.0 Å². The Hall–Kier alpha value is -1.11. The maximum Gasteiger partial charge on any atom is 0.175 e. The summed E-state index contributed by atoms with van der Waals surface area (Å²) in [5.41, 5.74) is -0.510.